The largest absolute Gasteiger partial charge is 0.381 e. The first-order chi connectivity index (χ1) is 14.3. The smallest absolute Gasteiger partial charge is 0.353 e. The number of fused-ring (bicyclic) bond motifs is 2. The van der Waals surface area contributed by atoms with Crippen molar-refractivity contribution in [1.82, 2.24) is 4.98 Å². The van der Waals surface area contributed by atoms with Crippen LogP contribution in [0.25, 0.3) is 21.8 Å². The fourth-order valence-corrected chi connectivity index (χ4v) is 4.39. The minimum Gasteiger partial charge on any atom is -0.381 e. The van der Waals surface area contributed by atoms with Crippen LogP contribution in [0.15, 0.2) is 71.6 Å². The molecule has 0 fully saturated rings. The van der Waals surface area contributed by atoms with E-state index >= 15 is 0 Å². The van der Waals surface area contributed by atoms with E-state index in [1.807, 2.05) is 42.5 Å². The molecule has 0 bridgehead atoms. The van der Waals surface area contributed by atoms with Crippen LogP contribution < -0.4 is 21.2 Å². The average molecular weight is 441 g/mol. The zero-order valence-corrected chi connectivity index (χ0v) is 17.3. The molecule has 1 aromatic heterocycles. The molecule has 0 aliphatic heterocycles. The Bertz CT molecular complexity index is 1380. The molecule has 0 atom stereocenters. The van der Waals surface area contributed by atoms with E-state index < -0.39 is 10.0 Å². The third kappa shape index (κ3) is 4.00. The lowest BCUT2D eigenvalue weighted by atomic mass is 10.0. The molecule has 9 heteroatoms. The number of hydrogen-bond donors (Lipinski definition) is 4. The summed E-state index contributed by atoms with van der Waals surface area (Å²) in [5.41, 5.74) is 14.0. The Morgan fingerprint density at radius 1 is 0.967 bits per heavy atom. The van der Waals surface area contributed by atoms with E-state index in [0.717, 1.165) is 33.1 Å². The number of nitrogens with zero attached hydrogens (tertiary/aromatic N) is 1. The molecule has 1 heterocycles. The number of nitrogens with two attached hydrogens (primary N) is 2. The van der Waals surface area contributed by atoms with Crippen molar-refractivity contribution < 1.29 is 12.8 Å². The van der Waals surface area contributed by atoms with Gasteiger partial charge in [-0.2, -0.15) is 12.8 Å². The SMILES string of the molecule is NC(N)=[NH+]S(=O)(=O)c1ccc(NCc2c3ccccc3nc3cc(Cl)ccc23)cc1. The van der Waals surface area contributed by atoms with Crippen LogP contribution in [0.4, 0.5) is 5.69 Å². The topological polar surface area (TPSA) is 125 Å². The summed E-state index contributed by atoms with van der Waals surface area (Å²) < 4.78 is 26.3. The lowest BCUT2D eigenvalue weighted by Crippen LogP contribution is -2.80. The quantitative estimate of drug-likeness (QED) is 0.212. The minimum atomic E-state index is -3.79. The summed E-state index contributed by atoms with van der Waals surface area (Å²) >= 11 is 6.15. The highest BCUT2D eigenvalue weighted by Gasteiger charge is 2.14. The van der Waals surface area contributed by atoms with Gasteiger partial charge in [0.2, 0.25) is 0 Å². The van der Waals surface area contributed by atoms with Crippen molar-refractivity contribution in [3.63, 3.8) is 0 Å². The summed E-state index contributed by atoms with van der Waals surface area (Å²) in [6, 6.07) is 19.9. The first-order valence-electron chi connectivity index (χ1n) is 9.05. The Balaban J connectivity index is 1.67. The summed E-state index contributed by atoms with van der Waals surface area (Å²) in [5, 5.41) is 6.02. The predicted octanol–water partition coefficient (Wildman–Crippen LogP) is 1.70. The van der Waals surface area contributed by atoms with Crippen LogP contribution in [0.2, 0.25) is 5.02 Å². The maximum atomic E-state index is 12.1. The molecule has 0 amide bonds. The van der Waals surface area contributed by atoms with E-state index in [1.54, 1.807) is 12.1 Å². The van der Waals surface area contributed by atoms with Crippen molar-refractivity contribution in [2.45, 2.75) is 11.4 Å². The Kier molecular flexibility index (Phi) is 5.19. The molecule has 0 aliphatic carbocycles. The summed E-state index contributed by atoms with van der Waals surface area (Å²) in [6.45, 7) is 0.523. The number of pyridine rings is 1. The van der Waals surface area contributed by atoms with Crippen LogP contribution in [-0.2, 0) is 16.6 Å². The van der Waals surface area contributed by atoms with Gasteiger partial charge in [0.1, 0.15) is 4.90 Å². The van der Waals surface area contributed by atoms with Crippen molar-refractivity contribution in [3.8, 4) is 0 Å². The molecular weight excluding hydrogens is 422 g/mol. The molecule has 30 heavy (non-hydrogen) atoms. The molecule has 7 nitrogen and oxygen atoms in total. The first kappa shape index (κ1) is 19.9. The number of hydrogen-bond acceptors (Lipinski definition) is 4. The highest BCUT2D eigenvalue weighted by atomic mass is 35.5. The Morgan fingerprint density at radius 2 is 1.67 bits per heavy atom. The second kappa shape index (κ2) is 7.81. The molecule has 152 valence electrons. The number of benzene rings is 3. The van der Waals surface area contributed by atoms with Crippen LogP contribution in [0.5, 0.6) is 0 Å². The van der Waals surface area contributed by atoms with Crippen molar-refractivity contribution in [2.24, 2.45) is 11.5 Å². The third-order valence-corrected chi connectivity index (χ3v) is 6.27. The Labute approximate surface area is 178 Å². The molecule has 6 N–H and O–H groups in total. The van der Waals surface area contributed by atoms with Crippen molar-refractivity contribution >= 4 is 55.1 Å². The van der Waals surface area contributed by atoms with Gasteiger partial charge in [-0.3, -0.25) is 11.5 Å². The molecule has 0 saturated carbocycles. The molecule has 0 spiro atoms. The summed E-state index contributed by atoms with van der Waals surface area (Å²) in [7, 11) is -3.79. The van der Waals surface area contributed by atoms with Crippen LogP contribution in [-0.4, -0.2) is 19.4 Å². The van der Waals surface area contributed by atoms with Gasteiger partial charge in [0, 0.05) is 28.0 Å². The normalized spacial score (nSPS) is 11.5. The number of halogens is 1. The molecule has 0 aliphatic rings. The molecular formula is C21H19ClN5O2S+. The van der Waals surface area contributed by atoms with Crippen molar-refractivity contribution in [3.05, 3.63) is 77.3 Å². The van der Waals surface area contributed by atoms with Gasteiger partial charge in [0.15, 0.2) is 0 Å². The number of para-hydroxylation sites is 1. The van der Waals surface area contributed by atoms with Gasteiger partial charge in [-0.05, 0) is 48.0 Å². The van der Waals surface area contributed by atoms with Crippen LogP contribution in [0.1, 0.15) is 5.56 Å². The van der Waals surface area contributed by atoms with E-state index in [9.17, 15) is 8.42 Å². The number of rotatable bonds is 5. The number of nitrogens with one attached hydrogen (secondary N) is 2. The third-order valence-electron chi connectivity index (χ3n) is 4.64. The molecule has 0 radical (unpaired) electrons. The highest BCUT2D eigenvalue weighted by Crippen LogP contribution is 2.28. The fourth-order valence-electron chi connectivity index (χ4n) is 3.30. The lowest BCUT2D eigenvalue weighted by Gasteiger charge is -2.13. The maximum Gasteiger partial charge on any atom is 0.353 e. The van der Waals surface area contributed by atoms with Gasteiger partial charge < -0.3 is 5.32 Å². The van der Waals surface area contributed by atoms with Crippen molar-refractivity contribution in [1.29, 1.82) is 0 Å². The van der Waals surface area contributed by atoms with Crippen LogP contribution in [0.3, 0.4) is 0 Å². The van der Waals surface area contributed by atoms with Gasteiger partial charge in [0.05, 0.1) is 11.0 Å². The van der Waals surface area contributed by atoms with Gasteiger partial charge in [-0.1, -0.05) is 35.9 Å². The number of sulfonamides is 1. The predicted molar refractivity (Wildman–Crippen MR) is 120 cm³/mol. The molecule has 4 aromatic rings. The van der Waals surface area contributed by atoms with E-state index in [4.69, 9.17) is 28.1 Å². The van der Waals surface area contributed by atoms with E-state index in [-0.39, 0.29) is 10.9 Å². The summed E-state index contributed by atoms with van der Waals surface area (Å²) in [5.74, 6) is -0.381. The number of anilines is 1. The fraction of sp³-hybridized carbons (Fsp3) is 0.0476. The van der Waals surface area contributed by atoms with Crippen LogP contribution in [0, 0.1) is 0 Å². The summed E-state index contributed by atoms with van der Waals surface area (Å²) in [6.07, 6.45) is 0. The highest BCUT2D eigenvalue weighted by molar-refractivity contribution is 7.84. The van der Waals surface area contributed by atoms with E-state index in [0.29, 0.717) is 11.6 Å². The van der Waals surface area contributed by atoms with Crippen LogP contribution >= 0.6 is 11.6 Å². The maximum absolute atomic E-state index is 12.1. The zero-order valence-electron chi connectivity index (χ0n) is 15.8. The molecule has 3 aromatic carbocycles. The molecule has 4 rings (SSSR count). The standard InChI is InChI=1S/C21H18ClN5O2S/c22-13-5-10-17-18(16-3-1-2-4-19(16)26-20(17)11-13)12-25-14-6-8-15(9-7-14)30(28,29)27-21(23)24/h1-11,25H,12H2,(H4,23,24,27)/p+1. The second-order valence-electron chi connectivity index (χ2n) is 6.71. The molecule has 0 unspecified atom stereocenters. The van der Waals surface area contributed by atoms with Gasteiger partial charge >= 0.3 is 16.0 Å². The monoisotopic (exact) mass is 440 g/mol. The zero-order chi connectivity index (χ0) is 21.3. The van der Waals surface area contributed by atoms with Crippen molar-refractivity contribution in [2.75, 3.05) is 5.32 Å². The van der Waals surface area contributed by atoms with Gasteiger partial charge in [0.25, 0.3) is 0 Å². The molecule has 0 saturated heterocycles. The summed E-state index contributed by atoms with van der Waals surface area (Å²) in [4.78, 5) is 4.77. The first-order valence-corrected chi connectivity index (χ1v) is 10.9. The number of aromatic nitrogens is 1. The Hall–Kier alpha value is -3.36. The minimum absolute atomic E-state index is 0.0657. The number of guanidine groups is 1. The lowest BCUT2D eigenvalue weighted by molar-refractivity contribution is -0.270. The second-order valence-corrected chi connectivity index (χ2v) is 8.83. The van der Waals surface area contributed by atoms with Gasteiger partial charge in [-0.25, -0.2) is 4.98 Å². The van der Waals surface area contributed by atoms with E-state index in [1.165, 1.54) is 12.1 Å². The van der Waals surface area contributed by atoms with E-state index in [2.05, 4.69) is 9.71 Å². The Morgan fingerprint density at radius 3 is 2.40 bits per heavy atom. The van der Waals surface area contributed by atoms with Gasteiger partial charge in [-0.15, -0.1) is 0 Å². The average Bonchev–Trinajstić information content (AvgIpc) is 2.70.